The van der Waals surface area contributed by atoms with Crippen LogP contribution in [-0.4, -0.2) is 0 Å². The van der Waals surface area contributed by atoms with Crippen LogP contribution in [0.3, 0.4) is 0 Å². The van der Waals surface area contributed by atoms with Gasteiger partial charge in [0.1, 0.15) is 0 Å². The van der Waals surface area contributed by atoms with E-state index in [0.29, 0.717) is 0 Å². The van der Waals surface area contributed by atoms with E-state index >= 15 is 0 Å². The molecule has 0 bridgehead atoms. The fraction of sp³-hybridized carbons (Fsp3) is 0.111. The third-order valence-electron chi connectivity index (χ3n) is 1.37. The predicted octanol–water partition coefficient (Wildman–Crippen LogP) is 3.29. The van der Waals surface area contributed by atoms with Crippen LogP contribution in [-0.2, 0) is 0 Å². The highest BCUT2D eigenvalue weighted by Crippen LogP contribution is 2.17. The molecule has 0 N–H and O–H groups in total. The molecule has 0 spiro atoms. The maximum atomic E-state index is 5.83. The van der Waals surface area contributed by atoms with Crippen LogP contribution in [0.1, 0.15) is 11.1 Å². The molecule has 0 atom stereocenters. The Balaban J connectivity index is 3.21. The largest absolute Gasteiger partial charge is 0.0984 e. The van der Waals surface area contributed by atoms with E-state index < -0.39 is 0 Å². The van der Waals surface area contributed by atoms with Gasteiger partial charge in [0.2, 0.25) is 0 Å². The third kappa shape index (κ3) is 1.39. The second-order valence-electron chi connectivity index (χ2n) is 2.23. The summed E-state index contributed by atoms with van der Waals surface area (Å²) >= 11 is 5.83. The topological polar surface area (TPSA) is 0 Å². The van der Waals surface area contributed by atoms with Gasteiger partial charge in [-0.1, -0.05) is 42.0 Å². The first-order chi connectivity index (χ1) is 4.74. The Kier molecular flexibility index (Phi) is 2.13. The highest BCUT2D eigenvalue weighted by atomic mass is 35.5. The summed E-state index contributed by atoms with van der Waals surface area (Å²) in [5.74, 6) is 0. The molecule has 0 radical (unpaired) electrons. The number of hydrogen-bond donors (Lipinski definition) is 0. The molecule has 1 rings (SSSR count). The van der Waals surface area contributed by atoms with Crippen molar-refractivity contribution in [2.45, 2.75) is 6.92 Å². The van der Waals surface area contributed by atoms with Crippen LogP contribution in [0.4, 0.5) is 0 Å². The van der Waals surface area contributed by atoms with Crippen molar-refractivity contribution < 1.29 is 0 Å². The van der Waals surface area contributed by atoms with Crippen molar-refractivity contribution in [2.24, 2.45) is 0 Å². The number of aryl methyl sites for hydroxylation is 1. The first-order valence-electron chi connectivity index (χ1n) is 3.12. The summed E-state index contributed by atoms with van der Waals surface area (Å²) in [7, 11) is 0. The summed E-state index contributed by atoms with van der Waals surface area (Å²) in [6.07, 6.45) is 1.76. The van der Waals surface area contributed by atoms with Gasteiger partial charge in [0.15, 0.2) is 0 Å². The summed E-state index contributed by atoms with van der Waals surface area (Å²) in [4.78, 5) is 0. The molecule has 0 aromatic heterocycles. The predicted molar refractivity (Wildman–Crippen MR) is 46.3 cm³/mol. The molecule has 0 saturated carbocycles. The molecule has 10 heavy (non-hydrogen) atoms. The van der Waals surface area contributed by atoms with Gasteiger partial charge in [0.05, 0.1) is 0 Å². The molecule has 0 amide bonds. The molecule has 1 aromatic carbocycles. The Labute approximate surface area is 66.1 Å². The molecule has 0 nitrogen and oxygen atoms in total. The van der Waals surface area contributed by atoms with Crippen molar-refractivity contribution in [2.75, 3.05) is 0 Å². The number of halogens is 1. The van der Waals surface area contributed by atoms with Crippen LogP contribution in [0.2, 0.25) is 5.02 Å². The van der Waals surface area contributed by atoms with E-state index in [2.05, 4.69) is 6.58 Å². The van der Waals surface area contributed by atoms with Gasteiger partial charge >= 0.3 is 0 Å². The van der Waals surface area contributed by atoms with Crippen LogP contribution >= 0.6 is 11.6 Å². The average molecular weight is 153 g/mol. The molecular formula is C9H9Cl. The summed E-state index contributed by atoms with van der Waals surface area (Å²) in [6, 6.07) is 5.87. The Bertz CT molecular complexity index is 251. The maximum absolute atomic E-state index is 5.83. The van der Waals surface area contributed by atoms with Crippen LogP contribution in [0, 0.1) is 6.92 Å². The molecule has 0 aliphatic carbocycles. The van der Waals surface area contributed by atoms with E-state index in [9.17, 15) is 0 Å². The van der Waals surface area contributed by atoms with E-state index in [0.717, 1.165) is 10.6 Å². The van der Waals surface area contributed by atoms with E-state index in [1.165, 1.54) is 5.56 Å². The zero-order chi connectivity index (χ0) is 7.56. The molecule has 1 aromatic rings. The Hall–Kier alpha value is -0.750. The lowest BCUT2D eigenvalue weighted by Crippen LogP contribution is -1.76. The second-order valence-corrected chi connectivity index (χ2v) is 2.64. The zero-order valence-electron chi connectivity index (χ0n) is 5.89. The maximum Gasteiger partial charge on any atom is 0.0478 e. The van der Waals surface area contributed by atoms with Gasteiger partial charge in [0.25, 0.3) is 0 Å². The molecular weight excluding hydrogens is 144 g/mol. The highest BCUT2D eigenvalue weighted by Gasteiger charge is 1.93. The molecule has 0 heterocycles. The lowest BCUT2D eigenvalue weighted by molar-refractivity contribution is 1.46. The molecule has 0 aliphatic heterocycles. The average Bonchev–Trinajstić information content (AvgIpc) is 1.94. The van der Waals surface area contributed by atoms with Gasteiger partial charge in [0, 0.05) is 5.02 Å². The van der Waals surface area contributed by atoms with Gasteiger partial charge in [-0.05, 0) is 18.6 Å². The SMILES string of the molecule is C=Cc1cc(C)ccc1Cl. The minimum atomic E-state index is 0.764. The first-order valence-corrected chi connectivity index (χ1v) is 3.50. The van der Waals surface area contributed by atoms with Crippen molar-refractivity contribution in [3.8, 4) is 0 Å². The van der Waals surface area contributed by atoms with Gasteiger partial charge in [-0.3, -0.25) is 0 Å². The van der Waals surface area contributed by atoms with E-state index in [1.54, 1.807) is 6.08 Å². The van der Waals surface area contributed by atoms with Crippen molar-refractivity contribution in [1.29, 1.82) is 0 Å². The van der Waals surface area contributed by atoms with Crippen LogP contribution < -0.4 is 0 Å². The smallest absolute Gasteiger partial charge is 0.0478 e. The normalized spacial score (nSPS) is 9.40. The Morgan fingerprint density at radius 3 is 2.70 bits per heavy atom. The summed E-state index contributed by atoms with van der Waals surface area (Å²) in [5.41, 5.74) is 2.21. The number of benzene rings is 1. The number of hydrogen-bond acceptors (Lipinski definition) is 0. The lowest BCUT2D eigenvalue weighted by Gasteiger charge is -1.97. The molecule has 1 heteroatoms. The fourth-order valence-corrected chi connectivity index (χ4v) is 1.01. The van der Waals surface area contributed by atoms with E-state index in [4.69, 9.17) is 11.6 Å². The van der Waals surface area contributed by atoms with Gasteiger partial charge < -0.3 is 0 Å². The van der Waals surface area contributed by atoms with E-state index in [1.807, 2.05) is 25.1 Å². The molecule has 52 valence electrons. The van der Waals surface area contributed by atoms with Crippen LogP contribution in [0.5, 0.6) is 0 Å². The minimum Gasteiger partial charge on any atom is -0.0984 e. The van der Waals surface area contributed by atoms with Crippen LogP contribution in [0.25, 0.3) is 6.08 Å². The Morgan fingerprint density at radius 1 is 1.50 bits per heavy atom. The van der Waals surface area contributed by atoms with Gasteiger partial charge in [-0.2, -0.15) is 0 Å². The first kappa shape index (κ1) is 7.36. The summed E-state index contributed by atoms with van der Waals surface area (Å²) in [5, 5.41) is 0.764. The second kappa shape index (κ2) is 2.89. The highest BCUT2D eigenvalue weighted by molar-refractivity contribution is 6.32. The van der Waals surface area contributed by atoms with Gasteiger partial charge in [-0.25, -0.2) is 0 Å². The molecule has 0 saturated heterocycles. The van der Waals surface area contributed by atoms with Crippen molar-refractivity contribution in [1.82, 2.24) is 0 Å². The molecule has 0 unspecified atom stereocenters. The van der Waals surface area contributed by atoms with Crippen molar-refractivity contribution in [3.63, 3.8) is 0 Å². The zero-order valence-corrected chi connectivity index (χ0v) is 6.65. The lowest BCUT2D eigenvalue weighted by atomic mass is 10.1. The summed E-state index contributed by atoms with van der Waals surface area (Å²) < 4.78 is 0. The molecule has 0 aliphatic rings. The monoisotopic (exact) mass is 152 g/mol. The number of rotatable bonds is 1. The van der Waals surface area contributed by atoms with E-state index in [-0.39, 0.29) is 0 Å². The quantitative estimate of drug-likeness (QED) is 0.580. The third-order valence-corrected chi connectivity index (χ3v) is 1.72. The van der Waals surface area contributed by atoms with Crippen LogP contribution in [0.15, 0.2) is 24.8 Å². The standard InChI is InChI=1S/C9H9Cl/c1-3-8-6-7(2)4-5-9(8)10/h3-6H,1H2,2H3. The summed E-state index contributed by atoms with van der Waals surface area (Å²) in [6.45, 7) is 5.68. The van der Waals surface area contributed by atoms with Crippen molar-refractivity contribution >= 4 is 17.7 Å². The minimum absolute atomic E-state index is 0.764. The van der Waals surface area contributed by atoms with Gasteiger partial charge in [-0.15, -0.1) is 0 Å². The fourth-order valence-electron chi connectivity index (χ4n) is 0.820. The molecule has 0 fully saturated rings. The van der Waals surface area contributed by atoms with Crippen molar-refractivity contribution in [3.05, 3.63) is 40.9 Å². The Morgan fingerprint density at radius 2 is 2.20 bits per heavy atom.